The average molecular weight is 559 g/mol. The lowest BCUT2D eigenvalue weighted by molar-refractivity contribution is 0.102. The van der Waals surface area contributed by atoms with E-state index < -0.39 is 0 Å². The number of aromatic nitrogens is 2. The highest BCUT2D eigenvalue weighted by Gasteiger charge is 2.17. The van der Waals surface area contributed by atoms with Crippen molar-refractivity contribution in [3.8, 4) is 5.75 Å². The van der Waals surface area contributed by atoms with Crippen molar-refractivity contribution in [1.29, 1.82) is 0 Å². The van der Waals surface area contributed by atoms with Gasteiger partial charge in [-0.3, -0.25) is 9.48 Å². The number of ether oxygens (including phenoxy) is 1. The molecule has 0 saturated carbocycles. The molecule has 1 amide bonds. The summed E-state index contributed by atoms with van der Waals surface area (Å²) >= 11 is 16.1. The van der Waals surface area contributed by atoms with Gasteiger partial charge in [-0.15, -0.1) is 0 Å². The first-order valence-corrected chi connectivity index (χ1v) is 12.1. The maximum Gasteiger partial charge on any atom is 0.255 e. The predicted octanol–water partition coefficient (Wildman–Crippen LogP) is 7.45. The van der Waals surface area contributed by atoms with Crippen LogP contribution in [-0.2, 0) is 13.2 Å². The zero-order chi connectivity index (χ0) is 24.2. The number of hydrogen-bond donors (Lipinski definition) is 1. The van der Waals surface area contributed by atoms with E-state index in [9.17, 15) is 4.79 Å². The van der Waals surface area contributed by atoms with Crippen LogP contribution in [0.25, 0.3) is 0 Å². The minimum Gasteiger partial charge on any atom is -0.489 e. The first kappa shape index (κ1) is 24.3. The molecule has 0 radical (unpaired) electrons. The summed E-state index contributed by atoms with van der Waals surface area (Å²) in [5.74, 6) is 0.544. The Morgan fingerprint density at radius 3 is 2.41 bits per heavy atom. The summed E-state index contributed by atoms with van der Waals surface area (Å²) in [6.45, 7) is 4.53. The molecule has 0 unspecified atom stereocenters. The molecule has 0 atom stereocenters. The van der Waals surface area contributed by atoms with Crippen LogP contribution < -0.4 is 10.1 Å². The maximum absolute atomic E-state index is 13.0. The van der Waals surface area contributed by atoms with Crippen LogP contribution in [0.15, 0.2) is 71.2 Å². The van der Waals surface area contributed by atoms with Gasteiger partial charge in [-0.25, -0.2) is 0 Å². The molecule has 174 valence electrons. The summed E-state index contributed by atoms with van der Waals surface area (Å²) in [5, 5.41) is 8.74. The van der Waals surface area contributed by atoms with Crippen LogP contribution in [0.5, 0.6) is 5.75 Å². The molecular formula is C26H22BrCl2N3O2. The maximum atomic E-state index is 13.0. The number of nitrogens with zero attached hydrogens (tertiary/aromatic N) is 2. The van der Waals surface area contributed by atoms with Gasteiger partial charge in [0, 0.05) is 25.6 Å². The van der Waals surface area contributed by atoms with E-state index in [0.29, 0.717) is 40.1 Å². The summed E-state index contributed by atoms with van der Waals surface area (Å²) in [4.78, 5) is 13.0. The van der Waals surface area contributed by atoms with Crippen LogP contribution in [0.2, 0.25) is 10.0 Å². The summed E-state index contributed by atoms with van der Waals surface area (Å²) < 4.78 is 8.61. The van der Waals surface area contributed by atoms with Gasteiger partial charge in [-0.05, 0) is 67.9 Å². The first-order valence-electron chi connectivity index (χ1n) is 10.6. The molecule has 1 heterocycles. The van der Waals surface area contributed by atoms with Crippen molar-refractivity contribution in [3.05, 3.63) is 109 Å². The standard InChI is InChI=1S/C26H22BrCl2N3O2/c1-16-25(17(2)32(31-16)14-22-23(28)7-4-8-24(22)29)30-26(33)19-6-3-5-18(13-19)15-34-21-11-9-20(27)10-12-21/h3-13H,14-15H2,1-2H3,(H,30,33). The van der Waals surface area contributed by atoms with E-state index in [2.05, 4.69) is 26.3 Å². The Balaban J connectivity index is 1.47. The van der Waals surface area contributed by atoms with Gasteiger partial charge in [0.15, 0.2) is 0 Å². The summed E-state index contributed by atoms with van der Waals surface area (Å²) in [6.07, 6.45) is 0. The lowest BCUT2D eigenvalue weighted by Gasteiger charge is -2.10. The predicted molar refractivity (Wildman–Crippen MR) is 140 cm³/mol. The molecule has 0 aliphatic heterocycles. The topological polar surface area (TPSA) is 56.2 Å². The highest BCUT2D eigenvalue weighted by atomic mass is 79.9. The number of carbonyl (C=O) groups excluding carboxylic acids is 1. The molecule has 3 aromatic carbocycles. The molecule has 0 bridgehead atoms. The van der Waals surface area contributed by atoms with Crippen LogP contribution in [0, 0.1) is 13.8 Å². The van der Waals surface area contributed by atoms with Crippen LogP contribution in [0.4, 0.5) is 5.69 Å². The van der Waals surface area contributed by atoms with Gasteiger partial charge in [-0.2, -0.15) is 5.10 Å². The van der Waals surface area contributed by atoms with E-state index in [4.69, 9.17) is 27.9 Å². The molecule has 0 saturated heterocycles. The lowest BCUT2D eigenvalue weighted by atomic mass is 10.1. The second-order valence-electron chi connectivity index (χ2n) is 7.80. The van der Waals surface area contributed by atoms with Crippen molar-refractivity contribution in [2.24, 2.45) is 0 Å². The third-order valence-electron chi connectivity index (χ3n) is 5.40. The Morgan fingerprint density at radius 2 is 1.71 bits per heavy atom. The van der Waals surface area contributed by atoms with Gasteiger partial charge in [-0.1, -0.05) is 57.3 Å². The first-order chi connectivity index (χ1) is 16.3. The number of hydrogen-bond acceptors (Lipinski definition) is 3. The van der Waals surface area contributed by atoms with Gasteiger partial charge in [0.1, 0.15) is 12.4 Å². The number of nitrogens with one attached hydrogen (secondary N) is 1. The third kappa shape index (κ3) is 5.63. The molecule has 5 nitrogen and oxygen atoms in total. The Labute approximate surface area is 216 Å². The Bertz CT molecular complexity index is 1320. The summed E-state index contributed by atoms with van der Waals surface area (Å²) in [6, 6.07) is 20.4. The number of carbonyl (C=O) groups is 1. The molecule has 4 rings (SSSR count). The highest BCUT2D eigenvalue weighted by molar-refractivity contribution is 9.10. The van der Waals surface area contributed by atoms with E-state index in [0.717, 1.165) is 27.0 Å². The smallest absolute Gasteiger partial charge is 0.255 e. The number of halogens is 3. The van der Waals surface area contributed by atoms with Gasteiger partial charge >= 0.3 is 0 Å². The van der Waals surface area contributed by atoms with E-state index in [1.165, 1.54) is 0 Å². The van der Waals surface area contributed by atoms with Crippen LogP contribution >= 0.6 is 39.1 Å². The molecule has 1 N–H and O–H groups in total. The molecule has 8 heteroatoms. The highest BCUT2D eigenvalue weighted by Crippen LogP contribution is 2.28. The molecular weight excluding hydrogens is 537 g/mol. The molecule has 4 aromatic rings. The molecule has 1 aromatic heterocycles. The molecule has 0 fully saturated rings. The van der Waals surface area contributed by atoms with Crippen molar-refractivity contribution in [2.45, 2.75) is 27.0 Å². The van der Waals surface area contributed by atoms with E-state index in [1.54, 1.807) is 28.9 Å². The zero-order valence-corrected chi connectivity index (χ0v) is 21.7. The van der Waals surface area contributed by atoms with Crippen molar-refractivity contribution >= 4 is 50.7 Å². The van der Waals surface area contributed by atoms with Crippen molar-refractivity contribution < 1.29 is 9.53 Å². The lowest BCUT2D eigenvalue weighted by Crippen LogP contribution is -2.14. The number of benzene rings is 3. The second-order valence-corrected chi connectivity index (χ2v) is 9.53. The SMILES string of the molecule is Cc1nn(Cc2c(Cl)cccc2Cl)c(C)c1NC(=O)c1cccc(COc2ccc(Br)cc2)c1. The van der Waals surface area contributed by atoms with Crippen molar-refractivity contribution in [3.63, 3.8) is 0 Å². The summed E-state index contributed by atoms with van der Waals surface area (Å²) in [7, 11) is 0. The number of rotatable bonds is 7. The third-order valence-corrected chi connectivity index (χ3v) is 6.63. The number of aryl methyl sites for hydroxylation is 1. The van der Waals surface area contributed by atoms with Crippen LogP contribution in [-0.4, -0.2) is 15.7 Å². The Morgan fingerprint density at radius 1 is 1.03 bits per heavy atom. The van der Waals surface area contributed by atoms with Crippen LogP contribution in [0.1, 0.15) is 32.9 Å². The Kier molecular flexibility index (Phi) is 7.61. The van der Waals surface area contributed by atoms with Crippen molar-refractivity contribution in [1.82, 2.24) is 9.78 Å². The van der Waals surface area contributed by atoms with Crippen LogP contribution in [0.3, 0.4) is 0 Å². The zero-order valence-electron chi connectivity index (χ0n) is 18.6. The fourth-order valence-electron chi connectivity index (χ4n) is 3.55. The number of amides is 1. The molecule has 0 spiro atoms. The fourth-order valence-corrected chi connectivity index (χ4v) is 4.33. The van der Waals surface area contributed by atoms with Crippen molar-refractivity contribution in [2.75, 3.05) is 5.32 Å². The summed E-state index contributed by atoms with van der Waals surface area (Å²) in [5.41, 5.74) is 4.42. The van der Waals surface area contributed by atoms with Gasteiger partial charge in [0.25, 0.3) is 5.91 Å². The number of anilines is 1. The minimum atomic E-state index is -0.216. The molecule has 0 aliphatic rings. The minimum absolute atomic E-state index is 0.216. The quantitative estimate of drug-likeness (QED) is 0.256. The molecule has 0 aliphatic carbocycles. The van der Waals surface area contributed by atoms with Gasteiger partial charge in [0.05, 0.1) is 23.6 Å². The largest absolute Gasteiger partial charge is 0.489 e. The second kappa shape index (κ2) is 10.6. The molecule has 34 heavy (non-hydrogen) atoms. The monoisotopic (exact) mass is 557 g/mol. The average Bonchev–Trinajstić information content (AvgIpc) is 3.08. The van der Waals surface area contributed by atoms with E-state index >= 15 is 0 Å². The van der Waals surface area contributed by atoms with Gasteiger partial charge < -0.3 is 10.1 Å². The van der Waals surface area contributed by atoms with E-state index in [1.807, 2.05) is 56.3 Å². The fraction of sp³-hybridized carbons (Fsp3) is 0.154. The van der Waals surface area contributed by atoms with E-state index in [-0.39, 0.29) is 5.91 Å². The Hall–Kier alpha value is -2.80. The normalized spacial score (nSPS) is 10.9. The van der Waals surface area contributed by atoms with Gasteiger partial charge in [0.2, 0.25) is 0 Å².